The Balaban J connectivity index is 1.36. The molecule has 10 nitrogen and oxygen atoms in total. The number of Topliss-reactive ketones (excluding diaryl/α,β-unsaturated/α-hetero) is 1. The summed E-state index contributed by atoms with van der Waals surface area (Å²) in [5.74, 6) is 0.544. The topological polar surface area (TPSA) is 142 Å². The molecule has 0 fully saturated rings. The first-order valence-electron chi connectivity index (χ1n) is 12.6. The molecule has 6 aromatic rings. The van der Waals surface area contributed by atoms with E-state index in [2.05, 4.69) is 37.4 Å². The molecule has 0 unspecified atom stereocenters. The molecule has 0 bridgehead atoms. The minimum absolute atomic E-state index is 0.0265. The minimum Gasteiger partial charge on any atom is -0.335 e. The molecule has 6 heterocycles. The molecule has 0 spiro atoms. The van der Waals surface area contributed by atoms with Crippen molar-refractivity contribution in [3.05, 3.63) is 60.0 Å². The number of rotatable bonds is 8. The Morgan fingerprint density at radius 3 is 2.67 bits per heavy atom. The van der Waals surface area contributed by atoms with Gasteiger partial charge in [0, 0.05) is 34.8 Å². The molecular formula is C28H24N8O2S. The van der Waals surface area contributed by atoms with Gasteiger partial charge in [-0.15, -0.1) is 11.3 Å². The number of hydrogen-bond donors (Lipinski definition) is 3. The third kappa shape index (κ3) is 4.79. The molecule has 0 radical (unpaired) electrons. The van der Waals surface area contributed by atoms with E-state index in [0.717, 1.165) is 45.4 Å². The Morgan fingerprint density at radius 1 is 0.974 bits per heavy atom. The van der Waals surface area contributed by atoms with Gasteiger partial charge in [0.2, 0.25) is 5.91 Å². The first-order chi connectivity index (χ1) is 19.0. The molecular weight excluding hydrogens is 512 g/mol. The second-order valence-electron chi connectivity index (χ2n) is 9.17. The van der Waals surface area contributed by atoms with Crippen LogP contribution >= 0.6 is 11.3 Å². The number of unbranched alkanes of at least 4 members (excludes halogenated alkanes) is 1. The second kappa shape index (κ2) is 10.2. The van der Waals surface area contributed by atoms with E-state index in [1.807, 2.05) is 30.3 Å². The number of carbonyl (C=O) groups excluding carboxylic acids is 2. The number of H-pyrrole nitrogens is 2. The minimum atomic E-state index is -0.0323. The van der Waals surface area contributed by atoms with Crippen molar-refractivity contribution in [3.63, 3.8) is 0 Å². The van der Waals surface area contributed by atoms with Gasteiger partial charge >= 0.3 is 0 Å². The fraction of sp³-hybridized carbons (Fsp3) is 0.179. The first kappa shape index (κ1) is 24.6. The molecule has 6 rings (SSSR count). The third-order valence-corrected chi connectivity index (χ3v) is 7.54. The number of thiophene rings is 1. The van der Waals surface area contributed by atoms with Gasteiger partial charge in [0.05, 0.1) is 39.7 Å². The van der Waals surface area contributed by atoms with Gasteiger partial charge in [0.25, 0.3) is 0 Å². The van der Waals surface area contributed by atoms with Gasteiger partial charge in [-0.2, -0.15) is 5.10 Å². The first-order valence-corrected chi connectivity index (χ1v) is 13.4. The standard InChI is InChI=1S/C28H24N8O2S/c1-3-4-5-24(38)31-17-10-16(11-29-12-17)19-6-7-20-26(32-19)27(36-35-20)28-33-21-14-30-13-18(25(21)34-28)23-9-8-22(39-23)15(2)37/h6-14H,3-5H2,1-2H3,(H,31,38)(H,33,34)(H,35,36). The SMILES string of the molecule is CCCCC(=O)Nc1cncc(-c2ccc3[nH]nc(-c4nc5c(-c6ccc(C(C)=O)s6)cncc5[nH]4)c3n2)c1. The van der Waals surface area contributed by atoms with E-state index in [-0.39, 0.29) is 11.7 Å². The number of carbonyl (C=O) groups is 2. The lowest BCUT2D eigenvalue weighted by molar-refractivity contribution is -0.116. The molecule has 0 atom stereocenters. The smallest absolute Gasteiger partial charge is 0.224 e. The van der Waals surface area contributed by atoms with Crippen LogP contribution in [0.1, 0.15) is 42.8 Å². The molecule has 39 heavy (non-hydrogen) atoms. The molecule has 0 aliphatic rings. The van der Waals surface area contributed by atoms with Crippen LogP contribution in [0.25, 0.3) is 55.3 Å². The van der Waals surface area contributed by atoms with Crippen molar-refractivity contribution in [1.29, 1.82) is 0 Å². The molecule has 1 amide bonds. The number of imidazole rings is 1. The number of amides is 1. The van der Waals surface area contributed by atoms with Crippen molar-refractivity contribution < 1.29 is 9.59 Å². The summed E-state index contributed by atoms with van der Waals surface area (Å²) in [5, 5.41) is 10.4. The number of aromatic amines is 2. The maximum Gasteiger partial charge on any atom is 0.224 e. The van der Waals surface area contributed by atoms with Crippen LogP contribution in [0.2, 0.25) is 0 Å². The van der Waals surface area contributed by atoms with E-state index in [1.165, 1.54) is 11.3 Å². The average molecular weight is 537 g/mol. The lowest BCUT2D eigenvalue weighted by Gasteiger charge is -2.07. The number of pyridine rings is 3. The van der Waals surface area contributed by atoms with Gasteiger partial charge in [-0.1, -0.05) is 13.3 Å². The Morgan fingerprint density at radius 2 is 1.85 bits per heavy atom. The Labute approximate surface area is 227 Å². The molecule has 194 valence electrons. The number of nitrogens with zero attached hydrogens (tertiary/aromatic N) is 5. The van der Waals surface area contributed by atoms with Crippen molar-refractivity contribution in [2.45, 2.75) is 33.1 Å². The summed E-state index contributed by atoms with van der Waals surface area (Å²) in [6, 6.07) is 9.39. The van der Waals surface area contributed by atoms with Gasteiger partial charge < -0.3 is 10.3 Å². The molecule has 0 aliphatic heterocycles. The number of aromatic nitrogens is 7. The zero-order valence-corrected chi connectivity index (χ0v) is 22.1. The largest absolute Gasteiger partial charge is 0.335 e. The lowest BCUT2D eigenvalue weighted by atomic mass is 10.1. The van der Waals surface area contributed by atoms with E-state index in [1.54, 1.807) is 31.7 Å². The van der Waals surface area contributed by atoms with Crippen LogP contribution in [0, 0.1) is 0 Å². The monoisotopic (exact) mass is 536 g/mol. The van der Waals surface area contributed by atoms with Gasteiger partial charge in [-0.05, 0) is 43.7 Å². The Kier molecular flexibility index (Phi) is 6.41. The number of fused-ring (bicyclic) bond motifs is 2. The van der Waals surface area contributed by atoms with E-state index >= 15 is 0 Å². The zero-order valence-electron chi connectivity index (χ0n) is 21.3. The number of hydrogen-bond acceptors (Lipinski definition) is 8. The molecule has 6 aromatic heterocycles. The summed E-state index contributed by atoms with van der Waals surface area (Å²) in [7, 11) is 0. The highest BCUT2D eigenvalue weighted by Gasteiger charge is 2.18. The molecule has 11 heteroatoms. The van der Waals surface area contributed by atoms with Crippen molar-refractivity contribution in [1.82, 2.24) is 35.1 Å². The van der Waals surface area contributed by atoms with Crippen molar-refractivity contribution >= 4 is 50.8 Å². The van der Waals surface area contributed by atoms with E-state index in [0.29, 0.717) is 39.7 Å². The summed E-state index contributed by atoms with van der Waals surface area (Å²) in [5.41, 5.74) is 6.39. The Hall–Kier alpha value is -4.77. The second-order valence-corrected chi connectivity index (χ2v) is 10.3. The fourth-order valence-electron chi connectivity index (χ4n) is 4.33. The molecule has 0 aromatic carbocycles. The summed E-state index contributed by atoms with van der Waals surface area (Å²) in [6.45, 7) is 3.61. The van der Waals surface area contributed by atoms with E-state index in [4.69, 9.17) is 9.97 Å². The summed E-state index contributed by atoms with van der Waals surface area (Å²) < 4.78 is 0. The van der Waals surface area contributed by atoms with Crippen molar-refractivity contribution in [2.75, 3.05) is 5.32 Å². The van der Waals surface area contributed by atoms with Crippen LogP contribution in [-0.4, -0.2) is 46.8 Å². The molecule has 0 aliphatic carbocycles. The van der Waals surface area contributed by atoms with Crippen LogP contribution in [-0.2, 0) is 4.79 Å². The molecule has 3 N–H and O–H groups in total. The van der Waals surface area contributed by atoms with Gasteiger partial charge in [0.1, 0.15) is 11.0 Å². The van der Waals surface area contributed by atoms with Crippen LogP contribution < -0.4 is 5.32 Å². The third-order valence-electron chi connectivity index (χ3n) is 6.32. The van der Waals surface area contributed by atoms with Gasteiger partial charge in [-0.3, -0.25) is 24.7 Å². The fourth-order valence-corrected chi connectivity index (χ4v) is 5.24. The highest BCUT2D eigenvalue weighted by Crippen LogP contribution is 2.34. The van der Waals surface area contributed by atoms with Crippen LogP contribution in [0.3, 0.4) is 0 Å². The van der Waals surface area contributed by atoms with Crippen LogP contribution in [0.4, 0.5) is 5.69 Å². The van der Waals surface area contributed by atoms with Crippen molar-refractivity contribution in [2.24, 2.45) is 0 Å². The van der Waals surface area contributed by atoms with E-state index in [9.17, 15) is 9.59 Å². The summed E-state index contributed by atoms with van der Waals surface area (Å²) in [4.78, 5) is 47.3. The van der Waals surface area contributed by atoms with Gasteiger partial charge in [-0.25, -0.2) is 9.97 Å². The highest BCUT2D eigenvalue weighted by atomic mass is 32.1. The number of anilines is 1. The zero-order chi connectivity index (χ0) is 26.9. The predicted molar refractivity (Wildman–Crippen MR) is 151 cm³/mol. The van der Waals surface area contributed by atoms with Crippen LogP contribution in [0.5, 0.6) is 0 Å². The highest BCUT2D eigenvalue weighted by molar-refractivity contribution is 7.17. The van der Waals surface area contributed by atoms with E-state index < -0.39 is 0 Å². The molecule has 0 saturated carbocycles. The average Bonchev–Trinajstić information content (AvgIpc) is 3.69. The number of nitrogens with one attached hydrogen (secondary N) is 3. The summed E-state index contributed by atoms with van der Waals surface area (Å²) in [6.07, 6.45) is 9.08. The maximum atomic E-state index is 12.2. The lowest BCUT2D eigenvalue weighted by Crippen LogP contribution is -2.11. The Bertz CT molecular complexity index is 1850. The maximum absolute atomic E-state index is 12.2. The predicted octanol–water partition coefficient (Wildman–Crippen LogP) is 6.02. The summed E-state index contributed by atoms with van der Waals surface area (Å²) >= 11 is 1.42. The quantitative estimate of drug-likeness (QED) is 0.202. The normalized spacial score (nSPS) is 11.3. The van der Waals surface area contributed by atoms with Crippen LogP contribution in [0.15, 0.2) is 55.1 Å². The van der Waals surface area contributed by atoms with Gasteiger partial charge in [0.15, 0.2) is 17.3 Å². The van der Waals surface area contributed by atoms with Crippen molar-refractivity contribution in [3.8, 4) is 33.2 Å². The molecule has 0 saturated heterocycles. The number of ketones is 1.